The van der Waals surface area contributed by atoms with Gasteiger partial charge in [0.05, 0.1) is 5.92 Å². The van der Waals surface area contributed by atoms with Crippen molar-refractivity contribution in [2.45, 2.75) is 45.4 Å². The number of fused-ring (bicyclic) bond motifs is 1. The molecule has 1 N–H and O–H groups in total. The van der Waals surface area contributed by atoms with E-state index in [0.29, 0.717) is 32.5 Å². The summed E-state index contributed by atoms with van der Waals surface area (Å²) in [6, 6.07) is 14.1. The zero-order valence-electron chi connectivity index (χ0n) is 19.2. The molecule has 0 bridgehead atoms. The highest BCUT2D eigenvalue weighted by Crippen LogP contribution is 2.29. The monoisotopic (exact) mass is 445 g/mol. The summed E-state index contributed by atoms with van der Waals surface area (Å²) in [5, 5.41) is 3.08. The number of amides is 3. The minimum atomic E-state index is -0.310. The summed E-state index contributed by atoms with van der Waals surface area (Å²) in [5.41, 5.74) is 5.61. The fourth-order valence-electron chi connectivity index (χ4n) is 5.36. The molecule has 0 unspecified atom stereocenters. The van der Waals surface area contributed by atoms with Gasteiger partial charge in [-0.15, -0.1) is 0 Å². The number of hydrogen-bond acceptors (Lipinski definition) is 3. The summed E-state index contributed by atoms with van der Waals surface area (Å²) in [5.74, 6) is -0.315. The van der Waals surface area contributed by atoms with Gasteiger partial charge in [-0.25, -0.2) is 0 Å². The van der Waals surface area contributed by atoms with Gasteiger partial charge in [-0.1, -0.05) is 23.8 Å². The van der Waals surface area contributed by atoms with Crippen molar-refractivity contribution in [3.05, 3.63) is 59.2 Å². The average molecular weight is 446 g/mol. The van der Waals surface area contributed by atoms with E-state index >= 15 is 0 Å². The molecule has 2 fully saturated rings. The third-order valence-corrected chi connectivity index (χ3v) is 7.36. The topological polar surface area (TPSA) is 69.7 Å². The Hall–Kier alpha value is -3.15. The molecule has 2 aromatic rings. The second-order valence-corrected chi connectivity index (χ2v) is 9.67. The minimum Gasteiger partial charge on any atom is -0.342 e. The summed E-state index contributed by atoms with van der Waals surface area (Å²) in [6.07, 6.45) is 4.98. The van der Waals surface area contributed by atoms with Gasteiger partial charge in [-0.3, -0.25) is 14.4 Å². The molecule has 6 nitrogen and oxygen atoms in total. The van der Waals surface area contributed by atoms with Crippen molar-refractivity contribution in [3.8, 4) is 0 Å². The van der Waals surface area contributed by atoms with Gasteiger partial charge < -0.3 is 15.1 Å². The predicted molar refractivity (Wildman–Crippen MR) is 128 cm³/mol. The molecule has 33 heavy (non-hydrogen) atoms. The Labute approximate surface area is 194 Å². The molecule has 172 valence electrons. The van der Waals surface area contributed by atoms with Crippen molar-refractivity contribution in [2.24, 2.45) is 11.8 Å². The first-order valence-corrected chi connectivity index (χ1v) is 12.1. The van der Waals surface area contributed by atoms with Crippen LogP contribution in [0.2, 0.25) is 0 Å². The second kappa shape index (κ2) is 9.00. The number of rotatable bonds is 4. The van der Waals surface area contributed by atoms with E-state index in [2.05, 4.69) is 17.4 Å². The van der Waals surface area contributed by atoms with Crippen LogP contribution >= 0.6 is 0 Å². The van der Waals surface area contributed by atoms with Gasteiger partial charge in [0.15, 0.2) is 0 Å². The van der Waals surface area contributed by atoms with Crippen molar-refractivity contribution in [3.63, 3.8) is 0 Å². The smallest absolute Gasteiger partial charge is 0.228 e. The third-order valence-electron chi connectivity index (χ3n) is 7.36. The Morgan fingerprint density at radius 3 is 2.42 bits per heavy atom. The van der Waals surface area contributed by atoms with E-state index in [4.69, 9.17) is 0 Å². The number of aryl methyl sites for hydroxylation is 3. The molecule has 0 saturated carbocycles. The lowest BCUT2D eigenvalue weighted by Gasteiger charge is -2.33. The Morgan fingerprint density at radius 2 is 1.67 bits per heavy atom. The van der Waals surface area contributed by atoms with Gasteiger partial charge >= 0.3 is 0 Å². The van der Waals surface area contributed by atoms with Crippen LogP contribution in [0.25, 0.3) is 0 Å². The summed E-state index contributed by atoms with van der Waals surface area (Å²) in [4.78, 5) is 42.0. The molecule has 0 spiro atoms. The van der Waals surface area contributed by atoms with Crippen molar-refractivity contribution < 1.29 is 14.4 Å². The fraction of sp³-hybridized carbons (Fsp3) is 0.444. The molecule has 1 aliphatic carbocycles. The van der Waals surface area contributed by atoms with Gasteiger partial charge in [0.1, 0.15) is 0 Å². The van der Waals surface area contributed by atoms with E-state index in [9.17, 15) is 14.4 Å². The normalized spacial score (nSPS) is 20.8. The van der Waals surface area contributed by atoms with E-state index in [1.165, 1.54) is 17.5 Å². The molecule has 5 rings (SSSR count). The number of anilines is 2. The van der Waals surface area contributed by atoms with E-state index in [1.54, 1.807) is 4.90 Å². The van der Waals surface area contributed by atoms with Gasteiger partial charge in [0.2, 0.25) is 17.7 Å². The first-order valence-electron chi connectivity index (χ1n) is 12.1. The van der Waals surface area contributed by atoms with E-state index in [-0.39, 0.29) is 36.0 Å². The molecular weight excluding hydrogens is 414 g/mol. The second-order valence-electron chi connectivity index (χ2n) is 9.67. The number of piperidine rings is 1. The SMILES string of the molecule is Cc1ccc(N2C[C@@H](C(=O)N3CCC(C(=O)Nc4ccc5c(c4)CCC5)CC3)CC2=O)cc1. The van der Waals surface area contributed by atoms with Crippen molar-refractivity contribution >= 4 is 29.1 Å². The maximum Gasteiger partial charge on any atom is 0.228 e. The average Bonchev–Trinajstić information content (AvgIpc) is 3.45. The van der Waals surface area contributed by atoms with Crippen LogP contribution in [0.4, 0.5) is 11.4 Å². The van der Waals surface area contributed by atoms with Crippen molar-refractivity contribution in [1.29, 1.82) is 0 Å². The molecule has 3 aliphatic rings. The van der Waals surface area contributed by atoms with Crippen LogP contribution in [-0.2, 0) is 27.2 Å². The maximum absolute atomic E-state index is 13.1. The quantitative estimate of drug-likeness (QED) is 0.780. The largest absolute Gasteiger partial charge is 0.342 e. The molecule has 2 aromatic carbocycles. The molecule has 0 radical (unpaired) electrons. The van der Waals surface area contributed by atoms with Gasteiger partial charge in [0.25, 0.3) is 0 Å². The van der Waals surface area contributed by atoms with Gasteiger partial charge in [-0.05, 0) is 74.4 Å². The summed E-state index contributed by atoms with van der Waals surface area (Å²) < 4.78 is 0. The first kappa shape index (κ1) is 21.7. The molecule has 2 saturated heterocycles. The van der Waals surface area contributed by atoms with Crippen LogP contribution in [0.1, 0.15) is 42.4 Å². The van der Waals surface area contributed by atoms with Crippen LogP contribution < -0.4 is 10.2 Å². The number of likely N-dealkylation sites (tertiary alicyclic amines) is 1. The Bertz CT molecular complexity index is 1070. The Morgan fingerprint density at radius 1 is 0.939 bits per heavy atom. The van der Waals surface area contributed by atoms with Crippen molar-refractivity contribution in [2.75, 3.05) is 29.9 Å². The lowest BCUT2D eigenvalue weighted by Crippen LogP contribution is -2.44. The predicted octanol–water partition coefficient (Wildman–Crippen LogP) is 3.71. The zero-order chi connectivity index (χ0) is 22.9. The van der Waals surface area contributed by atoms with Crippen molar-refractivity contribution in [1.82, 2.24) is 4.90 Å². The molecule has 2 heterocycles. The fourth-order valence-corrected chi connectivity index (χ4v) is 5.36. The number of carbonyl (C=O) groups excluding carboxylic acids is 3. The van der Waals surface area contributed by atoms with Gasteiger partial charge in [-0.2, -0.15) is 0 Å². The van der Waals surface area contributed by atoms with Crippen LogP contribution in [-0.4, -0.2) is 42.3 Å². The number of carbonyl (C=O) groups is 3. The van der Waals surface area contributed by atoms with E-state index in [1.807, 2.05) is 42.2 Å². The summed E-state index contributed by atoms with van der Waals surface area (Å²) in [6.45, 7) is 3.57. The summed E-state index contributed by atoms with van der Waals surface area (Å²) >= 11 is 0. The summed E-state index contributed by atoms with van der Waals surface area (Å²) in [7, 11) is 0. The standard InChI is InChI=1S/C27H31N3O3/c1-18-5-9-24(10-6-18)30-17-22(16-25(30)31)27(33)29-13-11-20(12-14-29)26(32)28-23-8-7-19-3-2-4-21(19)15-23/h5-10,15,20,22H,2-4,11-14,16-17H2,1H3,(H,28,32)/t22-/m0/s1. The highest BCUT2D eigenvalue weighted by molar-refractivity contribution is 6.00. The highest BCUT2D eigenvalue weighted by atomic mass is 16.2. The number of nitrogens with zero attached hydrogens (tertiary/aromatic N) is 2. The highest BCUT2D eigenvalue weighted by Gasteiger charge is 2.38. The minimum absolute atomic E-state index is 0.000753. The van der Waals surface area contributed by atoms with E-state index < -0.39 is 0 Å². The van der Waals surface area contributed by atoms with Crippen LogP contribution in [0.3, 0.4) is 0 Å². The zero-order valence-corrected chi connectivity index (χ0v) is 19.2. The first-order chi connectivity index (χ1) is 16.0. The molecule has 2 aliphatic heterocycles. The third kappa shape index (κ3) is 4.52. The van der Waals surface area contributed by atoms with Gasteiger partial charge in [0, 0.05) is 43.3 Å². The molecular formula is C27H31N3O3. The lowest BCUT2D eigenvalue weighted by atomic mass is 9.94. The Kier molecular flexibility index (Phi) is 5.92. The number of nitrogens with one attached hydrogen (secondary N) is 1. The number of hydrogen-bond donors (Lipinski definition) is 1. The number of benzene rings is 2. The molecule has 0 aromatic heterocycles. The van der Waals surface area contributed by atoms with E-state index in [0.717, 1.165) is 29.8 Å². The lowest BCUT2D eigenvalue weighted by molar-refractivity contribution is -0.138. The van der Waals surface area contributed by atoms with Crippen LogP contribution in [0, 0.1) is 18.8 Å². The van der Waals surface area contributed by atoms with Crippen LogP contribution in [0.15, 0.2) is 42.5 Å². The Balaban J connectivity index is 1.14. The molecule has 6 heteroatoms. The van der Waals surface area contributed by atoms with Crippen LogP contribution in [0.5, 0.6) is 0 Å². The molecule has 1 atom stereocenters. The molecule has 3 amide bonds. The maximum atomic E-state index is 13.1.